The molecular formula is C7H24Cl2N10. The third-order valence-electron chi connectivity index (χ3n) is 0.683. The van der Waals surface area contributed by atoms with Crippen molar-refractivity contribution >= 4 is 42.7 Å². The van der Waals surface area contributed by atoms with Crippen molar-refractivity contribution in [2.45, 2.75) is 7.43 Å². The molecule has 12 N–H and O–H groups in total. The number of hydrogen-bond acceptors (Lipinski definition) is 5. The average Bonchev–Trinajstić information content (AvgIpc) is 2.20. The van der Waals surface area contributed by atoms with E-state index in [-0.39, 0.29) is 50.1 Å². The first kappa shape index (κ1) is 36.0. The molecule has 0 amide bonds. The van der Waals surface area contributed by atoms with Gasteiger partial charge in [0.1, 0.15) is 0 Å². The maximum atomic E-state index is 7.64. The molecule has 12 heteroatoms. The number of halogens is 2. The fourth-order valence-electron chi connectivity index (χ4n) is 0.252. The summed E-state index contributed by atoms with van der Waals surface area (Å²) in [6.07, 6.45) is 1.41. The lowest BCUT2D eigenvalue weighted by Crippen LogP contribution is -2.40. The van der Waals surface area contributed by atoms with Gasteiger partial charge in [0.25, 0.3) is 0 Å². The third kappa shape index (κ3) is 63.8. The molecule has 0 spiro atoms. The van der Waals surface area contributed by atoms with Crippen LogP contribution in [0.25, 0.3) is 0 Å². The first-order chi connectivity index (χ1) is 7.43. The Kier molecular flexibility index (Phi) is 56.4. The second-order valence-corrected chi connectivity index (χ2v) is 1.78. The van der Waals surface area contributed by atoms with Crippen molar-refractivity contribution in [1.29, 1.82) is 10.7 Å². The summed E-state index contributed by atoms with van der Waals surface area (Å²) in [6, 6.07) is 0. The SMILES string of the molecule is C.CN.CN=C(N)NC(=N)N.Cl.Cl.N#CN=C(N)N. The quantitative estimate of drug-likeness (QED) is 0.154. The van der Waals surface area contributed by atoms with Crippen LogP contribution in [-0.4, -0.2) is 32.0 Å². The Balaban J connectivity index is -0.0000000351. The molecule has 0 aliphatic rings. The predicted octanol–water partition coefficient (Wildman–Crippen LogP) is -1.79. The predicted molar refractivity (Wildman–Crippen MR) is 85.4 cm³/mol. The van der Waals surface area contributed by atoms with Gasteiger partial charge in [-0.15, -0.1) is 29.8 Å². The summed E-state index contributed by atoms with van der Waals surface area (Å²) in [5.41, 5.74) is 23.9. The van der Waals surface area contributed by atoms with Crippen LogP contribution < -0.4 is 34.0 Å². The van der Waals surface area contributed by atoms with Crippen LogP contribution in [0.15, 0.2) is 9.98 Å². The Bertz CT molecular complexity index is 278. The van der Waals surface area contributed by atoms with Gasteiger partial charge in [-0.05, 0) is 7.05 Å². The van der Waals surface area contributed by atoms with Gasteiger partial charge in [-0.3, -0.25) is 15.7 Å². The standard InChI is InChI=1S/C3H9N5.C2H4N4.CH5N.CH4.2ClH/c1-7-3(6)8-2(4)5;3-1-6-2(4)5;1-2;;;/h1H3,(H6,4,5,6,7,8);(H4,4,5,6);2H2,1H3;1H4;2*1H. The van der Waals surface area contributed by atoms with Crippen LogP contribution in [0.3, 0.4) is 0 Å². The van der Waals surface area contributed by atoms with E-state index in [1.54, 1.807) is 0 Å². The summed E-state index contributed by atoms with van der Waals surface area (Å²) in [4.78, 5) is 6.39. The number of guanidine groups is 3. The van der Waals surface area contributed by atoms with Crippen molar-refractivity contribution in [2.75, 3.05) is 14.1 Å². The Morgan fingerprint density at radius 2 is 1.53 bits per heavy atom. The average molecular weight is 319 g/mol. The molecule has 0 unspecified atom stereocenters. The highest BCUT2D eigenvalue weighted by atomic mass is 35.5. The molecule has 10 nitrogen and oxygen atoms in total. The second-order valence-electron chi connectivity index (χ2n) is 1.78. The van der Waals surface area contributed by atoms with Gasteiger partial charge in [-0.1, -0.05) is 7.43 Å². The van der Waals surface area contributed by atoms with E-state index < -0.39 is 0 Å². The second kappa shape index (κ2) is 29.8. The monoisotopic (exact) mass is 318 g/mol. The smallest absolute Gasteiger partial charge is 0.209 e. The molecule has 0 radical (unpaired) electrons. The van der Waals surface area contributed by atoms with Crippen LogP contribution in [0.4, 0.5) is 0 Å². The summed E-state index contributed by atoms with van der Waals surface area (Å²) >= 11 is 0. The van der Waals surface area contributed by atoms with Crippen molar-refractivity contribution in [1.82, 2.24) is 5.32 Å². The minimum absolute atomic E-state index is 0. The highest BCUT2D eigenvalue weighted by molar-refractivity contribution is 5.95. The largest absolute Gasteiger partial charge is 0.370 e. The minimum Gasteiger partial charge on any atom is -0.370 e. The molecule has 0 saturated heterocycles. The number of hydrogen-bond donors (Lipinski definition) is 7. The van der Waals surface area contributed by atoms with Crippen molar-refractivity contribution in [3.05, 3.63) is 0 Å². The van der Waals surface area contributed by atoms with Crippen LogP contribution in [0.5, 0.6) is 0 Å². The van der Waals surface area contributed by atoms with Crippen molar-refractivity contribution in [3.63, 3.8) is 0 Å². The Morgan fingerprint density at radius 3 is 1.58 bits per heavy atom. The Hall–Kier alpha value is -1.96. The summed E-state index contributed by atoms with van der Waals surface area (Å²) in [7, 11) is 3.01. The van der Waals surface area contributed by atoms with Gasteiger partial charge < -0.3 is 28.7 Å². The van der Waals surface area contributed by atoms with Crippen LogP contribution in [0.2, 0.25) is 0 Å². The van der Waals surface area contributed by atoms with E-state index in [4.69, 9.17) is 33.6 Å². The third-order valence-corrected chi connectivity index (χ3v) is 0.683. The van der Waals surface area contributed by atoms with Gasteiger partial charge in [-0.25, -0.2) is 0 Å². The summed E-state index contributed by atoms with van der Waals surface area (Å²) in [5.74, 6) is -0.247. The zero-order valence-electron chi connectivity index (χ0n) is 10.0. The Labute approximate surface area is 125 Å². The van der Waals surface area contributed by atoms with Gasteiger partial charge in [0.2, 0.25) is 12.2 Å². The van der Waals surface area contributed by atoms with Gasteiger partial charge in [0.05, 0.1) is 0 Å². The van der Waals surface area contributed by atoms with E-state index in [0.717, 1.165) is 0 Å². The van der Waals surface area contributed by atoms with Crippen LogP contribution in [-0.2, 0) is 0 Å². The minimum atomic E-state index is -0.201. The number of nitriles is 1. The van der Waals surface area contributed by atoms with Crippen LogP contribution in [0, 0.1) is 16.9 Å². The topological polar surface area (TPSA) is 214 Å². The van der Waals surface area contributed by atoms with E-state index >= 15 is 0 Å². The zero-order valence-corrected chi connectivity index (χ0v) is 11.7. The van der Waals surface area contributed by atoms with E-state index in [9.17, 15) is 0 Å². The molecule has 0 aliphatic carbocycles. The maximum Gasteiger partial charge on any atom is 0.209 e. The summed E-state index contributed by atoms with van der Waals surface area (Å²) < 4.78 is 0. The van der Waals surface area contributed by atoms with Gasteiger partial charge in [-0.2, -0.15) is 5.26 Å². The van der Waals surface area contributed by atoms with Crippen LogP contribution in [0.1, 0.15) is 7.43 Å². The molecular weight excluding hydrogens is 295 g/mol. The number of rotatable bonds is 0. The van der Waals surface area contributed by atoms with Crippen molar-refractivity contribution in [2.24, 2.45) is 38.7 Å². The van der Waals surface area contributed by atoms with Gasteiger partial charge in [0, 0.05) is 7.05 Å². The number of nitrogens with two attached hydrogens (primary N) is 5. The molecule has 0 aromatic heterocycles. The fourth-order valence-corrected chi connectivity index (χ4v) is 0.252. The lowest BCUT2D eigenvalue weighted by molar-refractivity contribution is 1.19. The zero-order chi connectivity index (χ0) is 13.6. The van der Waals surface area contributed by atoms with E-state index in [1.165, 1.54) is 20.3 Å². The molecule has 0 aliphatic heterocycles. The molecule has 0 heterocycles. The number of nitrogens with one attached hydrogen (secondary N) is 2. The molecule has 0 atom stereocenters. The lowest BCUT2D eigenvalue weighted by Gasteiger charge is -1.97. The van der Waals surface area contributed by atoms with Crippen molar-refractivity contribution < 1.29 is 0 Å². The molecule has 0 aromatic rings. The highest BCUT2D eigenvalue weighted by Gasteiger charge is 1.86. The molecule has 0 aromatic carbocycles. The molecule has 19 heavy (non-hydrogen) atoms. The van der Waals surface area contributed by atoms with Crippen molar-refractivity contribution in [3.8, 4) is 6.19 Å². The Morgan fingerprint density at radius 1 is 1.16 bits per heavy atom. The molecule has 116 valence electrons. The van der Waals surface area contributed by atoms with Crippen LogP contribution >= 0.6 is 24.8 Å². The highest BCUT2D eigenvalue weighted by Crippen LogP contribution is 1.53. The molecule has 0 fully saturated rings. The normalized spacial score (nSPS) is 6.74. The maximum absolute atomic E-state index is 7.64. The first-order valence-electron chi connectivity index (χ1n) is 3.82. The molecule has 0 saturated carbocycles. The molecule has 0 rings (SSSR count). The fraction of sp³-hybridized carbons (Fsp3) is 0.429. The lowest BCUT2D eigenvalue weighted by atomic mass is 10.9. The van der Waals surface area contributed by atoms with Gasteiger partial charge in [0.15, 0.2) is 11.9 Å². The van der Waals surface area contributed by atoms with E-state index in [0.29, 0.717) is 0 Å². The van der Waals surface area contributed by atoms with Gasteiger partial charge >= 0.3 is 0 Å². The van der Waals surface area contributed by atoms with E-state index in [1.807, 2.05) is 0 Å². The van der Waals surface area contributed by atoms with E-state index in [2.05, 4.69) is 21.0 Å². The number of nitrogens with zero attached hydrogens (tertiary/aromatic N) is 3. The summed E-state index contributed by atoms with van der Waals surface area (Å²) in [6.45, 7) is 0. The molecule has 0 bridgehead atoms. The summed E-state index contributed by atoms with van der Waals surface area (Å²) in [5, 5.41) is 16.6. The first-order valence-corrected chi connectivity index (χ1v) is 3.82. The number of aliphatic imine (C=N–C) groups is 2.